The highest BCUT2D eigenvalue weighted by Crippen LogP contribution is 2.32. The number of hydrogen-bond donors (Lipinski definition) is 1. The summed E-state index contributed by atoms with van der Waals surface area (Å²) in [5.41, 5.74) is 6.48. The lowest BCUT2D eigenvalue weighted by Gasteiger charge is -2.30. The van der Waals surface area contributed by atoms with E-state index in [0.29, 0.717) is 36.8 Å². The Morgan fingerprint density at radius 2 is 2.05 bits per heavy atom. The molecule has 1 aromatic heterocycles. The number of carbonyl (C=O) groups is 1. The number of aromatic nitrogens is 1. The maximum atomic E-state index is 12.3. The molecule has 0 radical (unpaired) electrons. The Kier molecular flexibility index (Phi) is 6.82. The van der Waals surface area contributed by atoms with Crippen LogP contribution >= 0.6 is 0 Å². The van der Waals surface area contributed by atoms with Gasteiger partial charge in [-0.2, -0.15) is 0 Å². The summed E-state index contributed by atoms with van der Waals surface area (Å²) in [6.45, 7) is 9.76. The lowest BCUT2D eigenvalue weighted by Crippen LogP contribution is -2.24. The van der Waals surface area contributed by atoms with Crippen LogP contribution in [0.25, 0.3) is 0 Å². The largest absolute Gasteiger partial charge is 0.492 e. The number of nitrogens with zero attached hydrogens (tertiary/aromatic N) is 1. The van der Waals surface area contributed by atoms with Crippen LogP contribution < -0.4 is 10.5 Å². The zero-order valence-electron chi connectivity index (χ0n) is 13.7. The van der Waals surface area contributed by atoms with Gasteiger partial charge in [0, 0.05) is 18.2 Å². The monoisotopic (exact) mass is 292 g/mol. The molecular weight excluding hydrogens is 264 g/mol. The fourth-order valence-corrected chi connectivity index (χ4v) is 2.48. The molecule has 0 aliphatic carbocycles. The van der Waals surface area contributed by atoms with Crippen LogP contribution in [0.15, 0.2) is 18.5 Å². The minimum absolute atomic E-state index is 0.121. The number of rotatable bonds is 8. The first-order chi connectivity index (χ1) is 9.88. The molecule has 1 unspecified atom stereocenters. The molecule has 0 spiro atoms. The Morgan fingerprint density at radius 3 is 2.62 bits per heavy atom. The van der Waals surface area contributed by atoms with E-state index < -0.39 is 0 Å². The zero-order chi connectivity index (χ0) is 15.9. The van der Waals surface area contributed by atoms with Gasteiger partial charge >= 0.3 is 0 Å². The molecule has 4 heteroatoms. The van der Waals surface area contributed by atoms with Gasteiger partial charge in [-0.1, -0.05) is 20.8 Å². The average molecular weight is 292 g/mol. The lowest BCUT2D eigenvalue weighted by atomic mass is 9.76. The predicted octanol–water partition coefficient (Wildman–Crippen LogP) is 3.45. The van der Waals surface area contributed by atoms with Crippen LogP contribution in [0.5, 0.6) is 5.75 Å². The van der Waals surface area contributed by atoms with E-state index in [1.165, 1.54) is 0 Å². The summed E-state index contributed by atoms with van der Waals surface area (Å²) >= 11 is 0. The predicted molar refractivity (Wildman–Crippen MR) is 85.6 cm³/mol. The molecule has 2 N–H and O–H groups in total. The molecular formula is C17H28N2O2. The third kappa shape index (κ3) is 5.84. The summed E-state index contributed by atoms with van der Waals surface area (Å²) in [5, 5.41) is 0. The van der Waals surface area contributed by atoms with Crippen LogP contribution in [0.1, 0.15) is 57.3 Å². The lowest BCUT2D eigenvalue weighted by molar-refractivity contribution is 0.0957. The normalized spacial score (nSPS) is 13.0. The molecule has 0 fully saturated rings. The van der Waals surface area contributed by atoms with E-state index in [1.54, 1.807) is 18.5 Å². The third-order valence-electron chi connectivity index (χ3n) is 3.81. The van der Waals surface area contributed by atoms with Crippen molar-refractivity contribution in [3.05, 3.63) is 24.0 Å². The Balaban J connectivity index is 2.65. The quantitative estimate of drug-likeness (QED) is 0.745. The Labute approximate surface area is 128 Å². The first kappa shape index (κ1) is 17.6. The van der Waals surface area contributed by atoms with Gasteiger partial charge in [-0.3, -0.25) is 9.78 Å². The van der Waals surface area contributed by atoms with Crippen LogP contribution in [-0.4, -0.2) is 23.9 Å². The molecule has 1 aromatic rings. The molecule has 0 saturated heterocycles. The molecule has 4 nitrogen and oxygen atoms in total. The topological polar surface area (TPSA) is 65.2 Å². The Bertz CT molecular complexity index is 452. The van der Waals surface area contributed by atoms with Gasteiger partial charge in [-0.15, -0.1) is 0 Å². The second kappa shape index (κ2) is 8.13. The third-order valence-corrected chi connectivity index (χ3v) is 3.81. The van der Waals surface area contributed by atoms with Gasteiger partial charge in [-0.05, 0) is 43.7 Å². The summed E-state index contributed by atoms with van der Waals surface area (Å²) in [5.74, 6) is 1.22. The summed E-state index contributed by atoms with van der Waals surface area (Å²) in [7, 11) is 0. The number of carbonyl (C=O) groups excluding carboxylic acids is 1. The summed E-state index contributed by atoms with van der Waals surface area (Å²) in [6, 6.07) is 1.77. The smallest absolute Gasteiger partial charge is 0.164 e. The van der Waals surface area contributed by atoms with E-state index in [2.05, 4.69) is 25.8 Å². The van der Waals surface area contributed by atoms with Crippen molar-refractivity contribution in [3.8, 4) is 5.75 Å². The number of hydrogen-bond acceptors (Lipinski definition) is 4. The van der Waals surface area contributed by atoms with Crippen molar-refractivity contribution in [2.75, 3.05) is 13.2 Å². The van der Waals surface area contributed by atoms with Crippen LogP contribution in [-0.2, 0) is 0 Å². The van der Waals surface area contributed by atoms with Gasteiger partial charge in [0.2, 0.25) is 0 Å². The molecule has 0 aromatic carbocycles. The van der Waals surface area contributed by atoms with Crippen LogP contribution in [0, 0.1) is 11.3 Å². The first-order valence-corrected chi connectivity index (χ1v) is 7.69. The van der Waals surface area contributed by atoms with Crippen molar-refractivity contribution in [2.45, 2.75) is 47.0 Å². The van der Waals surface area contributed by atoms with Crippen LogP contribution in [0.3, 0.4) is 0 Å². The molecule has 0 amide bonds. The Morgan fingerprint density at radius 1 is 1.33 bits per heavy atom. The van der Waals surface area contributed by atoms with Crippen molar-refractivity contribution in [3.63, 3.8) is 0 Å². The van der Waals surface area contributed by atoms with E-state index >= 15 is 0 Å². The van der Waals surface area contributed by atoms with Crippen molar-refractivity contribution in [1.82, 2.24) is 4.98 Å². The van der Waals surface area contributed by atoms with Crippen molar-refractivity contribution in [2.24, 2.45) is 17.1 Å². The minimum Gasteiger partial charge on any atom is -0.492 e. The highest BCUT2D eigenvalue weighted by Gasteiger charge is 2.24. The van der Waals surface area contributed by atoms with Gasteiger partial charge in [0.15, 0.2) is 5.78 Å². The number of pyridine rings is 1. The number of ether oxygens (including phenoxy) is 1. The number of Topliss-reactive ketones (excluding diaryl/α,β-unsaturated/α-hetero) is 1. The van der Waals surface area contributed by atoms with Gasteiger partial charge in [0.1, 0.15) is 5.75 Å². The maximum Gasteiger partial charge on any atom is 0.164 e. The van der Waals surface area contributed by atoms with Gasteiger partial charge in [-0.25, -0.2) is 0 Å². The van der Waals surface area contributed by atoms with Gasteiger partial charge in [0.05, 0.1) is 12.8 Å². The maximum absolute atomic E-state index is 12.3. The first-order valence-electron chi connectivity index (χ1n) is 7.69. The van der Waals surface area contributed by atoms with E-state index in [-0.39, 0.29) is 11.2 Å². The Hall–Kier alpha value is -1.42. The number of nitrogens with two attached hydrogens (primary N) is 1. The number of ketones is 1. The minimum atomic E-state index is 0.121. The second-order valence-corrected chi connectivity index (χ2v) is 6.44. The fourth-order valence-electron chi connectivity index (χ4n) is 2.48. The highest BCUT2D eigenvalue weighted by atomic mass is 16.5. The molecule has 0 saturated carbocycles. The zero-order valence-corrected chi connectivity index (χ0v) is 13.7. The van der Waals surface area contributed by atoms with Crippen molar-refractivity contribution in [1.29, 1.82) is 0 Å². The second-order valence-electron chi connectivity index (χ2n) is 6.44. The standard InChI is InChI=1S/C17H28N2O2/c1-5-21-15-10-13(11-19-12-15)16(20)7-6-14(8-9-18)17(2,3)4/h10-12,14H,5-9,18H2,1-4H3. The van der Waals surface area contributed by atoms with Crippen LogP contribution in [0.2, 0.25) is 0 Å². The molecule has 0 bridgehead atoms. The van der Waals surface area contributed by atoms with Crippen molar-refractivity contribution >= 4 is 5.78 Å². The molecule has 0 aliphatic heterocycles. The van der Waals surface area contributed by atoms with E-state index in [0.717, 1.165) is 12.8 Å². The molecule has 1 rings (SSSR count). The molecule has 1 atom stereocenters. The fraction of sp³-hybridized carbons (Fsp3) is 0.647. The van der Waals surface area contributed by atoms with E-state index in [9.17, 15) is 4.79 Å². The molecule has 118 valence electrons. The average Bonchev–Trinajstić information content (AvgIpc) is 2.42. The summed E-state index contributed by atoms with van der Waals surface area (Å²) in [4.78, 5) is 16.4. The molecule has 0 aliphatic rings. The van der Waals surface area contributed by atoms with Gasteiger partial charge in [0.25, 0.3) is 0 Å². The SMILES string of the molecule is CCOc1cncc(C(=O)CCC(CCN)C(C)(C)C)c1. The summed E-state index contributed by atoms with van der Waals surface area (Å²) in [6.07, 6.45) is 5.58. The molecule has 1 heterocycles. The van der Waals surface area contributed by atoms with E-state index in [4.69, 9.17) is 10.5 Å². The van der Waals surface area contributed by atoms with Gasteiger partial charge < -0.3 is 10.5 Å². The van der Waals surface area contributed by atoms with Crippen LogP contribution in [0.4, 0.5) is 0 Å². The summed E-state index contributed by atoms with van der Waals surface area (Å²) < 4.78 is 5.38. The van der Waals surface area contributed by atoms with Crippen molar-refractivity contribution < 1.29 is 9.53 Å². The highest BCUT2D eigenvalue weighted by molar-refractivity contribution is 5.96. The van der Waals surface area contributed by atoms with E-state index in [1.807, 2.05) is 6.92 Å². The molecule has 21 heavy (non-hydrogen) atoms.